The quantitative estimate of drug-likeness (QED) is 0.268. The van der Waals surface area contributed by atoms with E-state index in [1.165, 1.54) is 5.69 Å². The molecule has 3 aromatic rings. The van der Waals surface area contributed by atoms with Crippen molar-refractivity contribution in [2.24, 2.45) is 24.3 Å². The van der Waals surface area contributed by atoms with Gasteiger partial charge in [0.1, 0.15) is 18.8 Å². The van der Waals surface area contributed by atoms with Crippen LogP contribution in [0.2, 0.25) is 5.02 Å². The van der Waals surface area contributed by atoms with Gasteiger partial charge < -0.3 is 4.90 Å². The molecule has 6 nitrogen and oxygen atoms in total. The van der Waals surface area contributed by atoms with Gasteiger partial charge in [-0.05, 0) is 49.4 Å². The number of imidazole rings is 1. The first kappa shape index (κ1) is 22.2. The maximum atomic E-state index is 6.32. The molecule has 1 unspecified atom stereocenters. The first-order valence-corrected chi connectivity index (χ1v) is 11.4. The van der Waals surface area contributed by atoms with Crippen LogP contribution in [0.25, 0.3) is 11.0 Å². The minimum absolute atomic E-state index is 0.651. The second-order valence-corrected chi connectivity index (χ2v) is 9.02. The van der Waals surface area contributed by atoms with Gasteiger partial charge in [0.25, 0.3) is 0 Å². The van der Waals surface area contributed by atoms with E-state index in [-0.39, 0.29) is 0 Å². The maximum Gasteiger partial charge on any atom is 0.244 e. The molecule has 2 aromatic carbocycles. The molecule has 0 radical (unpaired) electrons. The highest BCUT2D eigenvalue weighted by molar-refractivity contribution is 6.31. The molecule has 0 saturated carbocycles. The molecule has 1 atom stereocenters. The molecule has 7 heteroatoms. The molecule has 2 heterocycles. The fraction of sp³-hybridized carbons (Fsp3) is 0.320. The highest BCUT2D eigenvalue weighted by Gasteiger charge is 2.20. The fourth-order valence-corrected chi connectivity index (χ4v) is 4.39. The minimum Gasteiger partial charge on any atom is -0.366 e. The number of fused-ring (bicyclic) bond motifs is 1. The Hall–Kier alpha value is -2.96. The smallest absolute Gasteiger partial charge is 0.244 e. The van der Waals surface area contributed by atoms with Gasteiger partial charge in [0.2, 0.25) is 11.8 Å². The van der Waals surface area contributed by atoms with Gasteiger partial charge in [-0.2, -0.15) is 5.11 Å². The molecule has 32 heavy (non-hydrogen) atoms. The lowest BCUT2D eigenvalue weighted by Gasteiger charge is -2.33. The molecule has 1 aliphatic rings. The average molecular weight is 451 g/mol. The number of aryl methyl sites for hydroxylation is 2. The van der Waals surface area contributed by atoms with Crippen LogP contribution in [0.3, 0.4) is 0 Å². The van der Waals surface area contributed by atoms with Crippen molar-refractivity contribution in [3.05, 3.63) is 72.2 Å². The third-order valence-electron chi connectivity index (χ3n) is 6.08. The second-order valence-electron chi connectivity index (χ2n) is 8.58. The summed E-state index contributed by atoms with van der Waals surface area (Å²) in [5.41, 5.74) is 4.81. The Balaban J connectivity index is 1.49. The normalized spacial score (nSPS) is 18.2. The molecule has 166 valence electrons. The summed E-state index contributed by atoms with van der Waals surface area (Å²) < 4.78 is 5.01. The molecule has 0 saturated heterocycles. The zero-order chi connectivity index (χ0) is 22.7. The van der Waals surface area contributed by atoms with Crippen molar-refractivity contribution in [2.75, 3.05) is 38.1 Å². The fourth-order valence-electron chi connectivity index (χ4n) is 4.18. The molecule has 0 aliphatic carbocycles. The van der Waals surface area contributed by atoms with Crippen molar-refractivity contribution < 1.29 is 9.05 Å². The monoisotopic (exact) mass is 450 g/mol. The number of azo groups is 1. The number of anilines is 1. The van der Waals surface area contributed by atoms with Crippen LogP contribution < -0.4 is 9.47 Å². The van der Waals surface area contributed by atoms with E-state index in [2.05, 4.69) is 65.7 Å². The zero-order valence-corrected chi connectivity index (χ0v) is 20.0. The summed E-state index contributed by atoms with van der Waals surface area (Å²) in [7, 11) is 6.27. The van der Waals surface area contributed by atoms with Gasteiger partial charge in [-0.15, -0.1) is 5.11 Å². The van der Waals surface area contributed by atoms with Gasteiger partial charge in [0.05, 0.1) is 39.6 Å². The molecule has 0 amide bonds. The van der Waals surface area contributed by atoms with Crippen LogP contribution in [0.5, 0.6) is 0 Å². The topological polar surface area (TPSA) is 36.8 Å². The van der Waals surface area contributed by atoms with E-state index in [1.54, 1.807) is 0 Å². The molecule has 0 fully saturated rings. The van der Waals surface area contributed by atoms with E-state index >= 15 is 0 Å². The Kier molecular flexibility index (Phi) is 6.44. The Bertz CT molecular complexity index is 1190. The molecule has 4 rings (SSSR count). The molecular formula is C25H31ClN6+2. The summed E-state index contributed by atoms with van der Waals surface area (Å²) in [6, 6.07) is 12.1. The number of aromatic nitrogens is 2. The highest BCUT2D eigenvalue weighted by Crippen LogP contribution is 2.30. The van der Waals surface area contributed by atoms with Gasteiger partial charge in [-0.3, -0.25) is 4.48 Å². The van der Waals surface area contributed by atoms with E-state index in [1.807, 2.05) is 53.8 Å². The van der Waals surface area contributed by atoms with Crippen LogP contribution in [0.1, 0.15) is 6.92 Å². The summed E-state index contributed by atoms with van der Waals surface area (Å²) in [6.45, 7) is 6.27. The lowest BCUT2D eigenvalue weighted by Crippen LogP contribution is -2.45. The zero-order valence-electron chi connectivity index (χ0n) is 19.2. The van der Waals surface area contributed by atoms with Crippen molar-refractivity contribution >= 4 is 39.7 Å². The number of hydrogen-bond acceptors (Lipinski definition) is 3. The highest BCUT2D eigenvalue weighted by atomic mass is 35.5. The lowest BCUT2D eigenvalue weighted by molar-refractivity contribution is -0.852. The molecule has 1 aliphatic heterocycles. The van der Waals surface area contributed by atoms with Crippen LogP contribution in [-0.4, -0.2) is 42.3 Å². The van der Waals surface area contributed by atoms with Gasteiger partial charge in [0, 0.05) is 23.3 Å². The number of benzene rings is 2. The third kappa shape index (κ3) is 4.76. The first-order chi connectivity index (χ1) is 15.4. The van der Waals surface area contributed by atoms with Gasteiger partial charge >= 0.3 is 0 Å². The Labute approximate surface area is 194 Å². The summed E-state index contributed by atoms with van der Waals surface area (Å²) >= 11 is 6.32. The minimum atomic E-state index is 0.651. The predicted octanol–water partition coefficient (Wildman–Crippen LogP) is 5.43. The van der Waals surface area contributed by atoms with Crippen molar-refractivity contribution in [1.82, 2.24) is 4.57 Å². The van der Waals surface area contributed by atoms with Crippen molar-refractivity contribution in [3.63, 3.8) is 0 Å². The van der Waals surface area contributed by atoms with E-state index in [0.29, 0.717) is 5.02 Å². The Morgan fingerprint density at radius 2 is 1.94 bits per heavy atom. The summed E-state index contributed by atoms with van der Waals surface area (Å²) in [5, 5.41) is 9.65. The molecule has 1 aromatic heterocycles. The van der Waals surface area contributed by atoms with Crippen LogP contribution >= 0.6 is 11.6 Å². The lowest BCUT2D eigenvalue weighted by atomic mass is 10.2. The van der Waals surface area contributed by atoms with Gasteiger partial charge in [-0.25, -0.2) is 9.13 Å². The van der Waals surface area contributed by atoms with Gasteiger partial charge in [0.15, 0.2) is 5.52 Å². The summed E-state index contributed by atoms with van der Waals surface area (Å²) in [6.07, 6.45) is 10.8. The number of nitrogens with zero attached hydrogens (tertiary/aromatic N) is 6. The van der Waals surface area contributed by atoms with Crippen LogP contribution in [-0.2, 0) is 14.1 Å². The second kappa shape index (κ2) is 9.27. The van der Waals surface area contributed by atoms with Crippen LogP contribution in [0.15, 0.2) is 77.4 Å². The van der Waals surface area contributed by atoms with Gasteiger partial charge in [-0.1, -0.05) is 17.7 Å². The SMILES string of the molecule is CCN(CC[N+]1(C)C=CC=CC1)c1ccc(N=Nc2cc(Cl)cc3c2[n+](C)cn3C)cc1. The van der Waals surface area contributed by atoms with Crippen molar-refractivity contribution in [2.45, 2.75) is 6.92 Å². The molecule has 0 spiro atoms. The number of allylic oxidation sites excluding steroid dienone is 2. The van der Waals surface area contributed by atoms with E-state index in [0.717, 1.165) is 53.1 Å². The number of likely N-dealkylation sites (N-methyl/N-ethyl adjacent to an activating group) is 2. The predicted molar refractivity (Wildman–Crippen MR) is 132 cm³/mol. The third-order valence-corrected chi connectivity index (χ3v) is 6.30. The maximum absolute atomic E-state index is 6.32. The van der Waals surface area contributed by atoms with Crippen LogP contribution in [0.4, 0.5) is 17.1 Å². The van der Waals surface area contributed by atoms with Crippen LogP contribution in [0, 0.1) is 0 Å². The molecular weight excluding hydrogens is 420 g/mol. The Morgan fingerprint density at radius 1 is 1.16 bits per heavy atom. The standard InChI is InChI=1S/C25H31ClN6/c1-5-31(13-16-32(4)14-7-6-8-15-32)22-11-9-21(10-12-22)27-28-23-17-20(26)18-24-25(23)30(3)19-29(24)2/h6-12,14,17-19H,5,13,15-16H2,1-4H3/q+2. The van der Waals surface area contributed by atoms with Crippen molar-refractivity contribution in [1.29, 1.82) is 0 Å². The Morgan fingerprint density at radius 3 is 2.62 bits per heavy atom. The number of rotatable bonds is 7. The average Bonchev–Trinajstić information content (AvgIpc) is 3.07. The van der Waals surface area contributed by atoms with E-state index < -0.39 is 0 Å². The number of hydrogen-bond donors (Lipinski definition) is 0. The largest absolute Gasteiger partial charge is 0.366 e. The summed E-state index contributed by atoms with van der Waals surface area (Å²) in [4.78, 5) is 2.40. The first-order valence-electron chi connectivity index (χ1n) is 11.0. The number of halogens is 1. The number of quaternary nitrogens is 1. The van der Waals surface area contributed by atoms with Crippen molar-refractivity contribution in [3.8, 4) is 0 Å². The molecule has 0 N–H and O–H groups in total. The van der Waals surface area contributed by atoms with E-state index in [4.69, 9.17) is 11.6 Å². The molecule has 0 bridgehead atoms. The van der Waals surface area contributed by atoms with E-state index in [9.17, 15) is 0 Å². The summed E-state index contributed by atoms with van der Waals surface area (Å²) in [5.74, 6) is 0.